The second kappa shape index (κ2) is 5.53. The fourth-order valence-corrected chi connectivity index (χ4v) is 3.13. The van der Waals surface area contributed by atoms with Gasteiger partial charge in [-0.3, -0.25) is 4.79 Å². The standard InChI is InChI=1S/C12H20N4O3S/c1-14-8-6-13-11(12(14)17)16-7-4-5-10(9-16)15(2)20(3,18)19/h6,8,10H,4-5,7,9H2,1-3H3. The number of anilines is 1. The molecule has 0 aromatic carbocycles. The number of rotatable bonds is 3. The van der Waals surface area contributed by atoms with Crippen molar-refractivity contribution in [1.29, 1.82) is 0 Å². The number of hydrogen-bond acceptors (Lipinski definition) is 5. The van der Waals surface area contributed by atoms with Crippen LogP contribution >= 0.6 is 0 Å². The van der Waals surface area contributed by atoms with Crippen LogP contribution in [0.3, 0.4) is 0 Å². The highest BCUT2D eigenvalue weighted by Gasteiger charge is 2.29. The van der Waals surface area contributed by atoms with E-state index in [2.05, 4.69) is 4.98 Å². The number of nitrogens with zero attached hydrogens (tertiary/aromatic N) is 4. The van der Waals surface area contributed by atoms with E-state index in [0.717, 1.165) is 19.4 Å². The minimum atomic E-state index is -3.22. The van der Waals surface area contributed by atoms with Crippen molar-refractivity contribution >= 4 is 15.8 Å². The highest BCUT2D eigenvalue weighted by Crippen LogP contribution is 2.19. The predicted molar refractivity (Wildman–Crippen MR) is 77.3 cm³/mol. The van der Waals surface area contributed by atoms with E-state index in [4.69, 9.17) is 0 Å². The smallest absolute Gasteiger partial charge is 0.293 e. The van der Waals surface area contributed by atoms with Crippen molar-refractivity contribution in [1.82, 2.24) is 13.9 Å². The zero-order valence-corrected chi connectivity index (χ0v) is 12.8. The Hall–Kier alpha value is -1.41. The van der Waals surface area contributed by atoms with Gasteiger partial charge in [-0.15, -0.1) is 0 Å². The van der Waals surface area contributed by atoms with Gasteiger partial charge in [0.2, 0.25) is 10.0 Å². The molecule has 20 heavy (non-hydrogen) atoms. The first-order valence-electron chi connectivity index (χ1n) is 6.50. The molecule has 1 saturated heterocycles. The van der Waals surface area contributed by atoms with Gasteiger partial charge in [0.1, 0.15) is 0 Å². The lowest BCUT2D eigenvalue weighted by atomic mass is 10.1. The van der Waals surface area contributed by atoms with Crippen molar-refractivity contribution in [3.63, 3.8) is 0 Å². The average Bonchev–Trinajstić information content (AvgIpc) is 2.40. The largest absolute Gasteiger partial charge is 0.350 e. The highest BCUT2D eigenvalue weighted by molar-refractivity contribution is 7.88. The summed E-state index contributed by atoms with van der Waals surface area (Å²) in [5.74, 6) is 0.390. The molecule has 1 aliphatic rings. The van der Waals surface area contributed by atoms with Crippen molar-refractivity contribution in [3.05, 3.63) is 22.7 Å². The summed E-state index contributed by atoms with van der Waals surface area (Å²) >= 11 is 0. The zero-order valence-electron chi connectivity index (χ0n) is 12.0. The van der Waals surface area contributed by atoms with Crippen LogP contribution in [0.1, 0.15) is 12.8 Å². The molecule has 0 saturated carbocycles. The summed E-state index contributed by atoms with van der Waals surface area (Å²) in [6.07, 6.45) is 6.03. The Morgan fingerprint density at radius 1 is 1.45 bits per heavy atom. The van der Waals surface area contributed by atoms with E-state index >= 15 is 0 Å². The molecule has 7 nitrogen and oxygen atoms in total. The van der Waals surface area contributed by atoms with Gasteiger partial charge in [-0.05, 0) is 12.8 Å². The monoisotopic (exact) mass is 300 g/mol. The zero-order chi connectivity index (χ0) is 14.9. The van der Waals surface area contributed by atoms with E-state index in [1.165, 1.54) is 15.1 Å². The summed E-state index contributed by atoms with van der Waals surface area (Å²) in [4.78, 5) is 18.1. The topological polar surface area (TPSA) is 75.5 Å². The Morgan fingerprint density at radius 3 is 2.80 bits per heavy atom. The molecule has 2 rings (SSSR count). The first-order valence-corrected chi connectivity index (χ1v) is 8.35. The van der Waals surface area contributed by atoms with Crippen LogP contribution in [0.2, 0.25) is 0 Å². The molecule has 1 aromatic rings. The number of hydrogen-bond donors (Lipinski definition) is 0. The Labute approximate surface area is 118 Å². The molecule has 1 aliphatic heterocycles. The Kier molecular flexibility index (Phi) is 4.14. The molecule has 0 spiro atoms. The predicted octanol–water partition coefficient (Wildman–Crippen LogP) is -0.359. The summed E-state index contributed by atoms with van der Waals surface area (Å²) in [6, 6.07) is -0.120. The number of likely N-dealkylation sites (N-methyl/N-ethyl adjacent to an activating group) is 1. The quantitative estimate of drug-likeness (QED) is 0.762. The maximum atomic E-state index is 12.1. The Morgan fingerprint density at radius 2 is 2.15 bits per heavy atom. The maximum Gasteiger partial charge on any atom is 0.293 e. The Bertz CT molecular complexity index is 640. The molecule has 1 unspecified atom stereocenters. The molecular weight excluding hydrogens is 280 g/mol. The van der Waals surface area contributed by atoms with E-state index in [1.807, 2.05) is 4.90 Å². The van der Waals surface area contributed by atoms with Gasteiger partial charge in [-0.25, -0.2) is 17.7 Å². The summed E-state index contributed by atoms with van der Waals surface area (Å²) in [6.45, 7) is 1.22. The van der Waals surface area contributed by atoms with Crippen LogP contribution in [0.15, 0.2) is 17.2 Å². The SMILES string of the molecule is CN(C1CCCN(c2nccn(C)c2=O)C1)S(C)(=O)=O. The lowest BCUT2D eigenvalue weighted by molar-refractivity contribution is 0.321. The number of aromatic nitrogens is 2. The second-order valence-electron chi connectivity index (χ2n) is 5.19. The van der Waals surface area contributed by atoms with Gasteiger partial charge in [0.15, 0.2) is 5.82 Å². The van der Waals surface area contributed by atoms with Crippen LogP contribution in [0, 0.1) is 0 Å². The molecule has 0 bridgehead atoms. The third kappa shape index (κ3) is 3.01. The van der Waals surface area contributed by atoms with E-state index in [9.17, 15) is 13.2 Å². The fourth-order valence-electron chi connectivity index (χ4n) is 2.42. The van der Waals surface area contributed by atoms with E-state index in [-0.39, 0.29) is 11.6 Å². The average molecular weight is 300 g/mol. The number of piperidine rings is 1. The summed E-state index contributed by atoms with van der Waals surface area (Å²) in [7, 11) is 0.0381. The van der Waals surface area contributed by atoms with Gasteiger partial charge < -0.3 is 9.47 Å². The van der Waals surface area contributed by atoms with E-state index < -0.39 is 10.0 Å². The first-order chi connectivity index (χ1) is 9.30. The van der Waals surface area contributed by atoms with Gasteiger partial charge in [-0.2, -0.15) is 0 Å². The first kappa shape index (κ1) is 15.0. The summed E-state index contributed by atoms with van der Waals surface area (Å²) in [5, 5.41) is 0. The lowest BCUT2D eigenvalue weighted by Gasteiger charge is -2.36. The lowest BCUT2D eigenvalue weighted by Crippen LogP contribution is -2.49. The van der Waals surface area contributed by atoms with Gasteiger partial charge in [0.05, 0.1) is 6.26 Å². The summed E-state index contributed by atoms with van der Waals surface area (Å²) < 4.78 is 26.1. The van der Waals surface area contributed by atoms with Crippen molar-refractivity contribution in [2.24, 2.45) is 7.05 Å². The van der Waals surface area contributed by atoms with Crippen LogP contribution in [0.4, 0.5) is 5.82 Å². The minimum Gasteiger partial charge on any atom is -0.350 e. The van der Waals surface area contributed by atoms with Crippen LogP contribution in [-0.2, 0) is 17.1 Å². The third-order valence-corrected chi connectivity index (χ3v) is 5.08. The normalized spacial score (nSPS) is 20.4. The Balaban J connectivity index is 2.23. The van der Waals surface area contributed by atoms with Crippen molar-refractivity contribution in [3.8, 4) is 0 Å². The molecule has 0 aliphatic carbocycles. The van der Waals surface area contributed by atoms with Gasteiger partial charge in [0, 0.05) is 45.6 Å². The molecule has 0 amide bonds. The molecule has 8 heteroatoms. The third-order valence-electron chi connectivity index (χ3n) is 3.73. The van der Waals surface area contributed by atoms with E-state index in [0.29, 0.717) is 12.4 Å². The second-order valence-corrected chi connectivity index (χ2v) is 7.23. The van der Waals surface area contributed by atoms with Crippen LogP contribution < -0.4 is 10.5 Å². The van der Waals surface area contributed by atoms with Gasteiger partial charge in [0.25, 0.3) is 5.56 Å². The highest BCUT2D eigenvalue weighted by atomic mass is 32.2. The molecule has 1 atom stereocenters. The van der Waals surface area contributed by atoms with Gasteiger partial charge >= 0.3 is 0 Å². The minimum absolute atomic E-state index is 0.120. The molecule has 2 heterocycles. The molecular formula is C12H20N4O3S. The van der Waals surface area contributed by atoms with Crippen molar-refractivity contribution in [2.75, 3.05) is 31.3 Å². The van der Waals surface area contributed by atoms with Crippen molar-refractivity contribution in [2.45, 2.75) is 18.9 Å². The van der Waals surface area contributed by atoms with E-state index in [1.54, 1.807) is 26.5 Å². The molecule has 1 aromatic heterocycles. The van der Waals surface area contributed by atoms with Crippen LogP contribution in [0.5, 0.6) is 0 Å². The number of sulfonamides is 1. The van der Waals surface area contributed by atoms with Gasteiger partial charge in [-0.1, -0.05) is 0 Å². The summed E-state index contributed by atoms with van der Waals surface area (Å²) in [5.41, 5.74) is -0.157. The molecule has 0 N–H and O–H groups in total. The molecule has 112 valence electrons. The molecule has 1 fully saturated rings. The van der Waals surface area contributed by atoms with Crippen molar-refractivity contribution < 1.29 is 8.42 Å². The van der Waals surface area contributed by atoms with Crippen LogP contribution in [0.25, 0.3) is 0 Å². The fraction of sp³-hybridized carbons (Fsp3) is 0.667. The molecule has 0 radical (unpaired) electrons. The number of aryl methyl sites for hydroxylation is 1. The van der Waals surface area contributed by atoms with Crippen LogP contribution in [-0.4, -0.2) is 54.7 Å². The maximum absolute atomic E-state index is 12.1.